The van der Waals surface area contributed by atoms with Gasteiger partial charge in [0.2, 0.25) is 5.91 Å². The number of hydrogen-bond acceptors (Lipinski definition) is 4. The van der Waals surface area contributed by atoms with Crippen LogP contribution in [0.3, 0.4) is 0 Å². The van der Waals surface area contributed by atoms with Crippen LogP contribution in [0.5, 0.6) is 0 Å². The molecule has 1 amide bonds. The Morgan fingerprint density at radius 2 is 1.74 bits per heavy atom. The number of carboxylic acids is 2. The molecule has 7 nitrogen and oxygen atoms in total. The van der Waals surface area contributed by atoms with Crippen LogP contribution in [-0.4, -0.2) is 40.1 Å². The van der Waals surface area contributed by atoms with Gasteiger partial charge in [0.15, 0.2) is 0 Å². The lowest BCUT2D eigenvalue weighted by Gasteiger charge is -2.26. The highest BCUT2D eigenvalue weighted by Crippen LogP contribution is 2.23. The predicted octanol–water partition coefficient (Wildman–Crippen LogP) is -0.0619. The van der Waals surface area contributed by atoms with Gasteiger partial charge in [-0.1, -0.05) is 0 Å². The summed E-state index contributed by atoms with van der Waals surface area (Å²) in [6.07, 6.45) is 2.42. The highest BCUT2D eigenvalue weighted by molar-refractivity contribution is 5.85. The van der Waals surface area contributed by atoms with Crippen molar-refractivity contribution < 1.29 is 24.6 Å². The monoisotopic (exact) mass is 272 g/mol. The SMILES string of the molecule is NC1CCC(C(=O)NC(CCC(=O)O)C(=O)O)CC1. The Hall–Kier alpha value is -1.63. The molecule has 1 fully saturated rings. The van der Waals surface area contributed by atoms with Crippen molar-refractivity contribution in [3.63, 3.8) is 0 Å². The minimum absolute atomic E-state index is 0.108. The van der Waals surface area contributed by atoms with Crippen LogP contribution in [-0.2, 0) is 14.4 Å². The number of amides is 1. The summed E-state index contributed by atoms with van der Waals surface area (Å²) >= 11 is 0. The van der Waals surface area contributed by atoms with Gasteiger partial charge in [-0.2, -0.15) is 0 Å². The first-order chi connectivity index (χ1) is 8.90. The van der Waals surface area contributed by atoms with Gasteiger partial charge in [-0.05, 0) is 32.1 Å². The number of carbonyl (C=O) groups excluding carboxylic acids is 1. The molecule has 1 unspecified atom stereocenters. The molecule has 0 radical (unpaired) electrons. The number of nitrogens with one attached hydrogen (secondary N) is 1. The Morgan fingerprint density at radius 3 is 2.21 bits per heavy atom. The molecule has 0 aromatic rings. The van der Waals surface area contributed by atoms with Gasteiger partial charge in [0.1, 0.15) is 6.04 Å². The zero-order chi connectivity index (χ0) is 14.4. The lowest BCUT2D eigenvalue weighted by Crippen LogP contribution is -2.45. The van der Waals surface area contributed by atoms with Crippen LogP contribution in [0.15, 0.2) is 0 Å². The molecule has 0 aromatic heterocycles. The van der Waals surface area contributed by atoms with Gasteiger partial charge in [0.25, 0.3) is 0 Å². The molecule has 0 aromatic carbocycles. The molecule has 5 N–H and O–H groups in total. The fourth-order valence-electron chi connectivity index (χ4n) is 2.20. The molecule has 0 bridgehead atoms. The van der Waals surface area contributed by atoms with Crippen LogP contribution in [0.25, 0.3) is 0 Å². The lowest BCUT2D eigenvalue weighted by molar-refractivity contribution is -0.143. The number of hydrogen-bond donors (Lipinski definition) is 4. The van der Waals surface area contributed by atoms with Crippen molar-refractivity contribution in [2.75, 3.05) is 0 Å². The third-order valence-electron chi connectivity index (χ3n) is 3.40. The summed E-state index contributed by atoms with van der Waals surface area (Å²) in [5.41, 5.74) is 5.74. The second-order valence-corrected chi connectivity index (χ2v) is 4.94. The summed E-state index contributed by atoms with van der Waals surface area (Å²) in [5.74, 6) is -2.82. The molecule has 0 saturated heterocycles. The van der Waals surface area contributed by atoms with Crippen LogP contribution >= 0.6 is 0 Å². The van der Waals surface area contributed by atoms with Crippen LogP contribution in [0.1, 0.15) is 38.5 Å². The van der Waals surface area contributed by atoms with E-state index in [2.05, 4.69) is 5.32 Å². The maximum atomic E-state index is 11.9. The van der Waals surface area contributed by atoms with Crippen molar-refractivity contribution in [1.29, 1.82) is 0 Å². The molecule has 7 heteroatoms. The number of rotatable bonds is 6. The van der Waals surface area contributed by atoms with E-state index in [1.54, 1.807) is 0 Å². The summed E-state index contributed by atoms with van der Waals surface area (Å²) in [5, 5.41) is 19.9. The Bertz CT molecular complexity index is 350. The molecular weight excluding hydrogens is 252 g/mol. The Morgan fingerprint density at radius 1 is 1.16 bits per heavy atom. The number of nitrogens with two attached hydrogens (primary N) is 1. The lowest BCUT2D eigenvalue weighted by atomic mass is 9.85. The smallest absolute Gasteiger partial charge is 0.326 e. The van der Waals surface area contributed by atoms with Crippen molar-refractivity contribution in [2.45, 2.75) is 50.6 Å². The van der Waals surface area contributed by atoms with E-state index in [-0.39, 0.29) is 30.7 Å². The standard InChI is InChI=1S/C12H20N2O5/c13-8-3-1-7(2-4-8)11(17)14-9(12(18)19)5-6-10(15)16/h7-9H,1-6,13H2,(H,14,17)(H,15,16)(H,18,19). The van der Waals surface area contributed by atoms with E-state index in [4.69, 9.17) is 15.9 Å². The van der Waals surface area contributed by atoms with Crippen molar-refractivity contribution in [3.8, 4) is 0 Å². The third kappa shape index (κ3) is 5.25. The second-order valence-electron chi connectivity index (χ2n) is 4.94. The zero-order valence-corrected chi connectivity index (χ0v) is 10.7. The number of carbonyl (C=O) groups is 3. The van der Waals surface area contributed by atoms with E-state index in [0.717, 1.165) is 12.8 Å². The Labute approximate surface area is 111 Å². The molecule has 1 saturated carbocycles. The van der Waals surface area contributed by atoms with Crippen molar-refractivity contribution in [2.24, 2.45) is 11.7 Å². The number of carboxylic acid groups (broad SMARTS) is 2. The van der Waals surface area contributed by atoms with E-state index in [9.17, 15) is 14.4 Å². The summed E-state index contributed by atoms with van der Waals surface area (Å²) < 4.78 is 0. The normalized spacial score (nSPS) is 24.5. The fourth-order valence-corrected chi connectivity index (χ4v) is 2.20. The van der Waals surface area contributed by atoms with Crippen LogP contribution < -0.4 is 11.1 Å². The molecule has 108 valence electrons. The maximum absolute atomic E-state index is 11.9. The molecule has 1 aliphatic rings. The minimum atomic E-state index is -1.21. The van der Waals surface area contributed by atoms with Gasteiger partial charge in [-0.25, -0.2) is 4.79 Å². The van der Waals surface area contributed by atoms with Gasteiger partial charge in [-0.3, -0.25) is 9.59 Å². The first-order valence-corrected chi connectivity index (χ1v) is 6.40. The minimum Gasteiger partial charge on any atom is -0.481 e. The summed E-state index contributed by atoms with van der Waals surface area (Å²) in [6.45, 7) is 0. The average molecular weight is 272 g/mol. The largest absolute Gasteiger partial charge is 0.481 e. The van der Waals surface area contributed by atoms with Gasteiger partial charge in [0, 0.05) is 18.4 Å². The first-order valence-electron chi connectivity index (χ1n) is 6.40. The van der Waals surface area contributed by atoms with E-state index in [1.165, 1.54) is 0 Å². The highest BCUT2D eigenvalue weighted by Gasteiger charge is 2.28. The quantitative estimate of drug-likeness (QED) is 0.536. The molecular formula is C12H20N2O5. The third-order valence-corrected chi connectivity index (χ3v) is 3.40. The topological polar surface area (TPSA) is 130 Å². The van der Waals surface area contributed by atoms with Crippen molar-refractivity contribution in [1.82, 2.24) is 5.32 Å². The van der Waals surface area contributed by atoms with E-state index in [0.29, 0.717) is 12.8 Å². The molecule has 1 rings (SSSR count). The molecule has 19 heavy (non-hydrogen) atoms. The van der Waals surface area contributed by atoms with E-state index >= 15 is 0 Å². The fraction of sp³-hybridized carbons (Fsp3) is 0.750. The zero-order valence-electron chi connectivity index (χ0n) is 10.7. The summed E-state index contributed by atoms with van der Waals surface area (Å²) in [4.78, 5) is 33.3. The number of aliphatic carboxylic acids is 2. The van der Waals surface area contributed by atoms with Crippen molar-refractivity contribution >= 4 is 17.8 Å². The van der Waals surface area contributed by atoms with Crippen molar-refractivity contribution in [3.05, 3.63) is 0 Å². The average Bonchev–Trinajstić information content (AvgIpc) is 2.34. The maximum Gasteiger partial charge on any atom is 0.326 e. The Balaban J connectivity index is 2.46. The van der Waals surface area contributed by atoms with E-state index < -0.39 is 18.0 Å². The Kier molecular flexibility index (Phi) is 5.75. The molecule has 1 atom stereocenters. The van der Waals surface area contributed by atoms with E-state index in [1.807, 2.05) is 0 Å². The highest BCUT2D eigenvalue weighted by atomic mass is 16.4. The molecule has 0 heterocycles. The summed E-state index contributed by atoms with van der Waals surface area (Å²) in [7, 11) is 0. The molecule has 0 spiro atoms. The molecule has 1 aliphatic carbocycles. The van der Waals surface area contributed by atoms with Crippen LogP contribution in [0.4, 0.5) is 0 Å². The molecule has 0 aliphatic heterocycles. The van der Waals surface area contributed by atoms with Gasteiger partial charge >= 0.3 is 11.9 Å². The van der Waals surface area contributed by atoms with Gasteiger partial charge in [0.05, 0.1) is 0 Å². The summed E-state index contributed by atoms with van der Waals surface area (Å²) in [6, 6.07) is -1.02. The van der Waals surface area contributed by atoms with Crippen LogP contribution in [0.2, 0.25) is 0 Å². The van der Waals surface area contributed by atoms with Gasteiger partial charge < -0.3 is 21.3 Å². The second kappa shape index (κ2) is 7.08. The van der Waals surface area contributed by atoms with Crippen LogP contribution in [0, 0.1) is 5.92 Å². The van der Waals surface area contributed by atoms with Gasteiger partial charge in [-0.15, -0.1) is 0 Å². The first kappa shape index (κ1) is 15.4. The predicted molar refractivity (Wildman–Crippen MR) is 66.4 cm³/mol.